The van der Waals surface area contributed by atoms with Crippen LogP contribution in [-0.4, -0.2) is 47.9 Å². The number of hydrogen-bond acceptors (Lipinski definition) is 5. The Bertz CT molecular complexity index is 1080. The number of hydrogen-bond donors (Lipinski definition) is 2. The van der Waals surface area contributed by atoms with Crippen molar-refractivity contribution in [3.63, 3.8) is 0 Å². The van der Waals surface area contributed by atoms with E-state index >= 15 is 0 Å². The van der Waals surface area contributed by atoms with E-state index in [9.17, 15) is 22.6 Å². The van der Waals surface area contributed by atoms with Crippen molar-refractivity contribution < 1.29 is 31.8 Å². The van der Waals surface area contributed by atoms with E-state index in [4.69, 9.17) is 9.29 Å². The van der Waals surface area contributed by atoms with Crippen LogP contribution in [0, 0.1) is 34.0 Å². The summed E-state index contributed by atoms with van der Waals surface area (Å²) in [7, 11) is -4.59. The minimum absolute atomic E-state index is 0.0466. The molecular formula is C27H41NO7S. The summed E-state index contributed by atoms with van der Waals surface area (Å²) < 4.78 is 36.7. The van der Waals surface area contributed by atoms with Gasteiger partial charge in [-0.2, -0.15) is 8.42 Å². The zero-order valence-corrected chi connectivity index (χ0v) is 22.8. The number of allylic oxidation sites excluding steroid dienone is 1. The molecule has 0 spiro atoms. The fourth-order valence-corrected chi connectivity index (χ4v) is 9.11. The largest absolute Gasteiger partial charge is 0.480 e. The summed E-state index contributed by atoms with van der Waals surface area (Å²) in [6.07, 6.45) is 11.7. The average Bonchev–Trinajstić information content (AvgIpc) is 3.08. The topological polar surface area (TPSA) is 121 Å². The van der Waals surface area contributed by atoms with Crippen LogP contribution in [0.2, 0.25) is 0 Å². The Morgan fingerprint density at radius 3 is 2.53 bits per heavy atom. The molecule has 4 rings (SSSR count). The number of carboxylic acid groups (broad SMARTS) is 1. The fraction of sp³-hybridized carbons (Fsp3) is 0.778. The first-order chi connectivity index (χ1) is 16.7. The molecule has 0 radical (unpaired) electrons. The second kappa shape index (κ2) is 9.46. The Labute approximate surface area is 215 Å². The van der Waals surface area contributed by atoms with Crippen LogP contribution in [0.25, 0.3) is 0 Å². The number of rotatable bonds is 7. The quantitative estimate of drug-likeness (QED) is 0.356. The summed E-state index contributed by atoms with van der Waals surface area (Å²) in [5.41, 5.74) is 2.26. The van der Waals surface area contributed by atoms with Gasteiger partial charge in [0, 0.05) is 12.6 Å². The number of nitrogens with zero attached hydrogens (tertiary/aromatic N) is 1. The van der Waals surface area contributed by atoms with E-state index < -0.39 is 16.4 Å². The van der Waals surface area contributed by atoms with Crippen LogP contribution in [0.1, 0.15) is 85.5 Å². The van der Waals surface area contributed by atoms with E-state index in [1.807, 2.05) is 0 Å². The lowest BCUT2D eigenvalue weighted by Crippen LogP contribution is -2.58. The van der Waals surface area contributed by atoms with Crippen LogP contribution in [-0.2, 0) is 24.2 Å². The van der Waals surface area contributed by atoms with E-state index in [1.165, 1.54) is 30.4 Å². The highest BCUT2D eigenvalue weighted by atomic mass is 32.3. The molecule has 0 aromatic heterocycles. The second-order valence-corrected chi connectivity index (χ2v) is 13.8. The second-order valence-electron chi connectivity index (χ2n) is 12.7. The minimum Gasteiger partial charge on any atom is -0.480 e. The number of carboxylic acids is 1. The van der Waals surface area contributed by atoms with Gasteiger partial charge in [-0.3, -0.25) is 14.1 Å². The van der Waals surface area contributed by atoms with Crippen molar-refractivity contribution in [1.82, 2.24) is 4.90 Å². The number of amides is 1. The van der Waals surface area contributed by atoms with Gasteiger partial charge >= 0.3 is 16.4 Å². The van der Waals surface area contributed by atoms with Gasteiger partial charge in [0.1, 0.15) is 12.8 Å². The van der Waals surface area contributed by atoms with Crippen molar-refractivity contribution in [3.05, 3.63) is 23.5 Å². The standard InChI is InChI=1S/C27H41NO7S/c1-25(2)11-5-12-27(4)21(25)10-13-26(3)20(19(7-9-22(26)27)17-35-36(32,33)34)8-6-18-14-23(29)28(15-18)16-24(30)31/h14,17,20-22H,5-13,15-16H2,1-4H3,(H,30,31)(H,32,33,34). The van der Waals surface area contributed by atoms with Gasteiger partial charge in [-0.05, 0) is 96.5 Å². The minimum atomic E-state index is -4.59. The third-order valence-corrected chi connectivity index (χ3v) is 10.6. The van der Waals surface area contributed by atoms with Crippen LogP contribution in [0.3, 0.4) is 0 Å². The number of carbonyl (C=O) groups is 2. The highest BCUT2D eigenvalue weighted by molar-refractivity contribution is 7.81. The third-order valence-electron chi connectivity index (χ3n) is 10.2. The lowest BCUT2D eigenvalue weighted by atomic mass is 9.39. The van der Waals surface area contributed by atoms with Crippen molar-refractivity contribution >= 4 is 22.3 Å². The van der Waals surface area contributed by atoms with Crippen LogP contribution < -0.4 is 0 Å². The average molecular weight is 524 g/mol. The van der Waals surface area contributed by atoms with Crippen LogP contribution in [0.5, 0.6) is 0 Å². The lowest BCUT2D eigenvalue weighted by molar-refractivity contribution is -0.154. The zero-order valence-electron chi connectivity index (χ0n) is 22.0. The summed E-state index contributed by atoms with van der Waals surface area (Å²) in [5, 5.41) is 9.08. The molecule has 1 amide bonds. The summed E-state index contributed by atoms with van der Waals surface area (Å²) in [6, 6.07) is 0. The molecule has 36 heavy (non-hydrogen) atoms. The van der Waals surface area contributed by atoms with Gasteiger partial charge in [0.25, 0.3) is 0 Å². The van der Waals surface area contributed by atoms with Crippen LogP contribution in [0.4, 0.5) is 0 Å². The molecule has 4 aliphatic rings. The monoisotopic (exact) mass is 523 g/mol. The predicted octanol–water partition coefficient (Wildman–Crippen LogP) is 4.98. The maximum Gasteiger partial charge on any atom is 0.445 e. The van der Waals surface area contributed by atoms with Crippen molar-refractivity contribution in [2.24, 2.45) is 34.0 Å². The fourth-order valence-electron chi connectivity index (χ4n) is 8.86. The molecule has 5 unspecified atom stereocenters. The molecule has 202 valence electrons. The van der Waals surface area contributed by atoms with Crippen molar-refractivity contribution in [3.8, 4) is 0 Å². The van der Waals surface area contributed by atoms with E-state index in [0.29, 0.717) is 36.6 Å². The molecule has 8 nitrogen and oxygen atoms in total. The Balaban J connectivity index is 1.61. The number of aliphatic carboxylic acids is 1. The van der Waals surface area contributed by atoms with Gasteiger partial charge in [0.2, 0.25) is 5.91 Å². The summed E-state index contributed by atoms with van der Waals surface area (Å²) in [6.45, 7) is 9.64. The smallest absolute Gasteiger partial charge is 0.445 e. The van der Waals surface area contributed by atoms with Gasteiger partial charge in [0.05, 0.1) is 0 Å². The first kappa shape index (κ1) is 27.2. The maximum atomic E-state index is 12.3. The van der Waals surface area contributed by atoms with E-state index in [-0.39, 0.29) is 29.2 Å². The Hall–Kier alpha value is -1.87. The van der Waals surface area contributed by atoms with Crippen LogP contribution in [0.15, 0.2) is 23.5 Å². The summed E-state index contributed by atoms with van der Waals surface area (Å²) in [4.78, 5) is 24.7. The van der Waals surface area contributed by atoms with Gasteiger partial charge in [0.15, 0.2) is 0 Å². The van der Waals surface area contributed by atoms with Crippen LogP contribution >= 0.6 is 0 Å². The van der Waals surface area contributed by atoms with Crippen molar-refractivity contribution in [2.75, 3.05) is 13.1 Å². The predicted molar refractivity (Wildman–Crippen MR) is 135 cm³/mol. The highest BCUT2D eigenvalue weighted by Gasteiger charge is 2.61. The van der Waals surface area contributed by atoms with Gasteiger partial charge in [-0.15, -0.1) is 0 Å². The lowest BCUT2D eigenvalue weighted by Gasteiger charge is -2.66. The van der Waals surface area contributed by atoms with Crippen molar-refractivity contribution in [2.45, 2.75) is 85.5 Å². The van der Waals surface area contributed by atoms with Gasteiger partial charge in [-0.25, -0.2) is 0 Å². The molecule has 5 atom stereocenters. The molecular weight excluding hydrogens is 482 g/mol. The summed E-state index contributed by atoms with van der Waals surface area (Å²) in [5.74, 6) is -0.127. The maximum absolute atomic E-state index is 12.3. The van der Waals surface area contributed by atoms with Crippen molar-refractivity contribution in [1.29, 1.82) is 0 Å². The number of carbonyl (C=O) groups excluding carboxylic acids is 1. The molecule has 3 fully saturated rings. The summed E-state index contributed by atoms with van der Waals surface area (Å²) >= 11 is 0. The SMILES string of the molecule is CC1(C)CCCC2(C)C1CCC1(C)C(CCC3=CC(=O)N(CC(=O)O)C3)C(=COS(=O)(=O)O)CCC12. The Morgan fingerprint density at radius 2 is 1.86 bits per heavy atom. The molecule has 3 aliphatic carbocycles. The molecule has 1 aliphatic heterocycles. The first-order valence-corrected chi connectivity index (χ1v) is 14.6. The van der Waals surface area contributed by atoms with E-state index in [2.05, 4.69) is 27.7 Å². The molecule has 2 N–H and O–H groups in total. The third kappa shape index (κ3) is 5.10. The Kier molecular flexibility index (Phi) is 7.14. The molecule has 3 saturated carbocycles. The number of fused-ring (bicyclic) bond motifs is 3. The van der Waals surface area contributed by atoms with E-state index in [1.54, 1.807) is 6.08 Å². The molecule has 0 saturated heterocycles. The molecule has 1 heterocycles. The van der Waals surface area contributed by atoms with Gasteiger partial charge in [-0.1, -0.05) is 34.1 Å². The highest BCUT2D eigenvalue weighted by Crippen LogP contribution is 2.69. The van der Waals surface area contributed by atoms with Gasteiger partial charge < -0.3 is 14.2 Å². The van der Waals surface area contributed by atoms with E-state index in [0.717, 1.165) is 36.8 Å². The molecule has 9 heteroatoms. The molecule has 0 aromatic carbocycles. The normalized spacial score (nSPS) is 37.3. The Morgan fingerprint density at radius 1 is 1.14 bits per heavy atom. The molecule has 0 bridgehead atoms. The molecule has 0 aromatic rings. The zero-order chi connectivity index (χ0) is 26.5. The first-order valence-electron chi connectivity index (χ1n) is 13.2.